The van der Waals surface area contributed by atoms with Crippen molar-refractivity contribution >= 4 is 5.97 Å². The SMILES string of the molecule is CCOC(=O)[C@@H](Oc1ccccc1OC)[C@@H](O)c1ccc(OC)c(OC)c1. The number of esters is 1. The van der Waals surface area contributed by atoms with Gasteiger partial charge in [-0.15, -0.1) is 0 Å². The number of rotatable bonds is 9. The zero-order chi connectivity index (χ0) is 19.8. The Morgan fingerprint density at radius 2 is 1.52 bits per heavy atom. The maximum Gasteiger partial charge on any atom is 0.350 e. The van der Waals surface area contributed by atoms with Crippen molar-refractivity contribution in [1.29, 1.82) is 0 Å². The second-order valence-corrected chi connectivity index (χ2v) is 5.50. The third-order valence-corrected chi connectivity index (χ3v) is 3.88. The Morgan fingerprint density at radius 3 is 2.11 bits per heavy atom. The summed E-state index contributed by atoms with van der Waals surface area (Å²) in [5.41, 5.74) is 0.417. The molecule has 1 N–H and O–H groups in total. The first-order valence-electron chi connectivity index (χ1n) is 8.42. The van der Waals surface area contributed by atoms with Gasteiger partial charge in [0, 0.05) is 0 Å². The molecule has 0 aromatic heterocycles. The molecule has 2 aromatic carbocycles. The van der Waals surface area contributed by atoms with E-state index in [-0.39, 0.29) is 6.61 Å². The van der Waals surface area contributed by atoms with Crippen molar-refractivity contribution in [3.63, 3.8) is 0 Å². The van der Waals surface area contributed by atoms with Crippen LogP contribution in [0.3, 0.4) is 0 Å². The van der Waals surface area contributed by atoms with Crippen molar-refractivity contribution in [3.05, 3.63) is 48.0 Å². The fourth-order valence-electron chi connectivity index (χ4n) is 2.53. The average Bonchev–Trinajstić information content (AvgIpc) is 2.71. The highest BCUT2D eigenvalue weighted by Gasteiger charge is 2.33. The molecule has 0 fully saturated rings. The van der Waals surface area contributed by atoms with E-state index in [4.69, 9.17) is 23.7 Å². The van der Waals surface area contributed by atoms with Crippen molar-refractivity contribution in [2.24, 2.45) is 0 Å². The van der Waals surface area contributed by atoms with E-state index in [1.165, 1.54) is 21.3 Å². The lowest BCUT2D eigenvalue weighted by molar-refractivity contribution is -0.157. The van der Waals surface area contributed by atoms with Gasteiger partial charge in [0.2, 0.25) is 6.10 Å². The molecule has 27 heavy (non-hydrogen) atoms. The number of hydrogen-bond acceptors (Lipinski definition) is 7. The topological polar surface area (TPSA) is 83.5 Å². The maximum atomic E-state index is 12.4. The molecule has 0 saturated heterocycles. The Balaban J connectivity index is 2.37. The maximum absolute atomic E-state index is 12.4. The standard InChI is InChI=1S/C20H24O7/c1-5-26-20(22)19(27-16-9-7-6-8-14(16)23-2)18(21)13-10-11-15(24-3)17(12-13)25-4/h6-12,18-19,21H,5H2,1-4H3/t18-,19-/m0/s1. The minimum absolute atomic E-state index is 0.156. The van der Waals surface area contributed by atoms with Gasteiger partial charge in [0.1, 0.15) is 6.10 Å². The predicted octanol–water partition coefficient (Wildman–Crippen LogP) is 2.76. The number of carbonyl (C=O) groups is 1. The lowest BCUT2D eigenvalue weighted by Gasteiger charge is -2.24. The summed E-state index contributed by atoms with van der Waals surface area (Å²) in [6.07, 6.45) is -2.59. The monoisotopic (exact) mass is 376 g/mol. The number of carbonyl (C=O) groups excluding carboxylic acids is 1. The fraction of sp³-hybridized carbons (Fsp3) is 0.350. The predicted molar refractivity (Wildman–Crippen MR) is 98.5 cm³/mol. The molecule has 0 saturated carbocycles. The van der Waals surface area contributed by atoms with Crippen LogP contribution >= 0.6 is 0 Å². The van der Waals surface area contributed by atoms with Gasteiger partial charge in [0.25, 0.3) is 0 Å². The summed E-state index contributed by atoms with van der Waals surface area (Å²) in [5, 5.41) is 10.8. The molecular formula is C20H24O7. The molecule has 7 nitrogen and oxygen atoms in total. The molecule has 0 radical (unpaired) electrons. The summed E-state index contributed by atoms with van der Waals surface area (Å²) in [4.78, 5) is 12.4. The lowest BCUT2D eigenvalue weighted by atomic mass is 10.0. The third-order valence-electron chi connectivity index (χ3n) is 3.88. The van der Waals surface area contributed by atoms with E-state index in [0.717, 1.165) is 0 Å². The fourth-order valence-corrected chi connectivity index (χ4v) is 2.53. The van der Waals surface area contributed by atoms with Gasteiger partial charge in [-0.1, -0.05) is 18.2 Å². The van der Waals surface area contributed by atoms with E-state index in [9.17, 15) is 9.90 Å². The number of aliphatic hydroxyl groups is 1. The van der Waals surface area contributed by atoms with Gasteiger partial charge in [-0.25, -0.2) is 4.79 Å². The van der Waals surface area contributed by atoms with Crippen LogP contribution in [0.2, 0.25) is 0 Å². The summed E-state index contributed by atoms with van der Waals surface area (Å²) < 4.78 is 26.5. The molecule has 146 valence electrons. The first-order valence-corrected chi connectivity index (χ1v) is 8.42. The quantitative estimate of drug-likeness (QED) is 0.674. The van der Waals surface area contributed by atoms with Crippen LogP contribution in [0.15, 0.2) is 42.5 Å². The number of ether oxygens (including phenoxy) is 5. The number of para-hydroxylation sites is 2. The molecule has 7 heteroatoms. The first-order chi connectivity index (χ1) is 13.0. The van der Waals surface area contributed by atoms with E-state index in [1.807, 2.05) is 0 Å². The Labute approximate surface area is 158 Å². The summed E-state index contributed by atoms with van der Waals surface area (Å²) in [5.74, 6) is 0.996. The lowest BCUT2D eigenvalue weighted by Crippen LogP contribution is -2.35. The van der Waals surface area contributed by atoms with Gasteiger partial charge < -0.3 is 28.8 Å². The smallest absolute Gasteiger partial charge is 0.350 e. The molecule has 0 heterocycles. The van der Waals surface area contributed by atoms with Crippen LogP contribution < -0.4 is 18.9 Å². The van der Waals surface area contributed by atoms with Gasteiger partial charge >= 0.3 is 5.97 Å². The summed E-state index contributed by atoms with van der Waals surface area (Å²) in [7, 11) is 4.49. The number of methoxy groups -OCH3 is 3. The highest BCUT2D eigenvalue weighted by Crippen LogP contribution is 2.34. The molecule has 0 bridgehead atoms. The number of aliphatic hydroxyl groups excluding tert-OH is 1. The van der Waals surface area contributed by atoms with E-state index in [2.05, 4.69) is 0 Å². The zero-order valence-corrected chi connectivity index (χ0v) is 15.8. The van der Waals surface area contributed by atoms with Gasteiger partial charge in [0.15, 0.2) is 23.0 Å². The van der Waals surface area contributed by atoms with Crippen LogP contribution in [0.4, 0.5) is 0 Å². The second-order valence-electron chi connectivity index (χ2n) is 5.50. The largest absolute Gasteiger partial charge is 0.493 e. The van der Waals surface area contributed by atoms with Crippen molar-refractivity contribution in [3.8, 4) is 23.0 Å². The van der Waals surface area contributed by atoms with E-state index < -0.39 is 18.2 Å². The van der Waals surface area contributed by atoms with Crippen LogP contribution in [0.25, 0.3) is 0 Å². The Hall–Kier alpha value is -2.93. The average molecular weight is 376 g/mol. The molecule has 0 aliphatic carbocycles. The van der Waals surface area contributed by atoms with Crippen LogP contribution in [-0.4, -0.2) is 45.1 Å². The molecule has 0 unspecified atom stereocenters. The molecular weight excluding hydrogens is 352 g/mol. The first kappa shape index (κ1) is 20.4. The van der Waals surface area contributed by atoms with Crippen LogP contribution in [-0.2, 0) is 9.53 Å². The van der Waals surface area contributed by atoms with E-state index in [1.54, 1.807) is 49.4 Å². The minimum atomic E-state index is -1.30. The third kappa shape index (κ3) is 4.83. The summed E-state index contributed by atoms with van der Waals surface area (Å²) >= 11 is 0. The second kappa shape index (κ2) is 9.68. The molecule has 2 atom stereocenters. The molecule has 0 amide bonds. The highest BCUT2D eigenvalue weighted by atomic mass is 16.6. The van der Waals surface area contributed by atoms with Gasteiger partial charge in [-0.05, 0) is 36.8 Å². The highest BCUT2D eigenvalue weighted by molar-refractivity contribution is 5.76. The van der Waals surface area contributed by atoms with Crippen LogP contribution in [0.1, 0.15) is 18.6 Å². The van der Waals surface area contributed by atoms with E-state index in [0.29, 0.717) is 28.6 Å². The summed E-state index contributed by atoms with van der Waals surface area (Å²) in [6, 6.07) is 11.7. The molecule has 0 aliphatic heterocycles. The summed E-state index contributed by atoms with van der Waals surface area (Å²) in [6.45, 7) is 1.84. The zero-order valence-electron chi connectivity index (χ0n) is 15.8. The minimum Gasteiger partial charge on any atom is -0.493 e. The molecule has 2 rings (SSSR count). The van der Waals surface area contributed by atoms with Gasteiger partial charge in [-0.3, -0.25) is 0 Å². The van der Waals surface area contributed by atoms with Crippen molar-refractivity contribution in [2.45, 2.75) is 19.1 Å². The molecule has 2 aromatic rings. The number of hydrogen-bond donors (Lipinski definition) is 1. The van der Waals surface area contributed by atoms with E-state index >= 15 is 0 Å². The van der Waals surface area contributed by atoms with Crippen LogP contribution in [0.5, 0.6) is 23.0 Å². The van der Waals surface area contributed by atoms with Crippen molar-refractivity contribution in [1.82, 2.24) is 0 Å². The Morgan fingerprint density at radius 1 is 0.926 bits per heavy atom. The molecule has 0 spiro atoms. The Kier molecular flexibility index (Phi) is 7.31. The molecule has 0 aliphatic rings. The van der Waals surface area contributed by atoms with Crippen molar-refractivity contribution < 1.29 is 33.6 Å². The van der Waals surface area contributed by atoms with Gasteiger partial charge in [0.05, 0.1) is 27.9 Å². The van der Waals surface area contributed by atoms with Crippen molar-refractivity contribution in [2.75, 3.05) is 27.9 Å². The number of benzene rings is 2. The normalized spacial score (nSPS) is 12.6. The van der Waals surface area contributed by atoms with Crippen LogP contribution in [0, 0.1) is 0 Å². The Bertz CT molecular complexity index is 760. The van der Waals surface area contributed by atoms with Gasteiger partial charge in [-0.2, -0.15) is 0 Å².